The molecule has 2 N–H and O–H groups in total. The summed E-state index contributed by atoms with van der Waals surface area (Å²) in [6, 6.07) is 14.9. The van der Waals surface area contributed by atoms with Gasteiger partial charge in [-0.1, -0.05) is 24.3 Å². The van der Waals surface area contributed by atoms with Gasteiger partial charge in [0.05, 0.1) is 17.8 Å². The van der Waals surface area contributed by atoms with Crippen molar-refractivity contribution >= 4 is 10.9 Å². The first-order valence-electron chi connectivity index (χ1n) is 7.38. The first-order valence-corrected chi connectivity index (χ1v) is 7.38. The second-order valence-corrected chi connectivity index (χ2v) is 5.75. The molecule has 0 amide bonds. The predicted molar refractivity (Wildman–Crippen MR) is 87.4 cm³/mol. The first kappa shape index (κ1) is 13.8. The lowest BCUT2D eigenvalue weighted by molar-refractivity contribution is 0.733. The Bertz CT molecular complexity index is 756. The fourth-order valence-corrected chi connectivity index (χ4v) is 2.85. The zero-order chi connectivity index (χ0) is 14.8. The van der Waals surface area contributed by atoms with Crippen LogP contribution in [-0.4, -0.2) is 15.6 Å². The highest BCUT2D eigenvalue weighted by Gasteiger charge is 2.09. The third-order valence-electron chi connectivity index (χ3n) is 3.69. The van der Waals surface area contributed by atoms with Gasteiger partial charge < -0.3 is 10.3 Å². The highest BCUT2D eigenvalue weighted by Crippen LogP contribution is 2.22. The van der Waals surface area contributed by atoms with E-state index in [0.29, 0.717) is 0 Å². The normalized spacial score (nSPS) is 12.7. The minimum atomic E-state index is 0.163. The molecule has 3 heteroatoms. The molecule has 0 radical (unpaired) electrons. The number of aromatic nitrogens is 2. The van der Waals surface area contributed by atoms with Crippen LogP contribution in [0.2, 0.25) is 0 Å². The van der Waals surface area contributed by atoms with Crippen LogP contribution in [-0.2, 0) is 13.0 Å². The lowest BCUT2D eigenvalue weighted by atomic mass is 10.0. The number of hydrogen-bond donors (Lipinski definition) is 1. The minimum Gasteiger partial charge on any atom is -0.341 e. The van der Waals surface area contributed by atoms with Crippen LogP contribution in [0.25, 0.3) is 10.9 Å². The fourth-order valence-electron chi connectivity index (χ4n) is 2.85. The van der Waals surface area contributed by atoms with E-state index < -0.39 is 0 Å². The average molecular weight is 279 g/mol. The van der Waals surface area contributed by atoms with E-state index in [-0.39, 0.29) is 6.04 Å². The highest BCUT2D eigenvalue weighted by atomic mass is 15.0. The van der Waals surface area contributed by atoms with Gasteiger partial charge >= 0.3 is 0 Å². The van der Waals surface area contributed by atoms with Crippen molar-refractivity contribution in [3.8, 4) is 0 Å². The molecule has 0 saturated heterocycles. The van der Waals surface area contributed by atoms with Gasteiger partial charge in [-0.25, -0.2) is 0 Å². The van der Waals surface area contributed by atoms with E-state index in [4.69, 9.17) is 5.73 Å². The summed E-state index contributed by atoms with van der Waals surface area (Å²) in [7, 11) is 0. The maximum absolute atomic E-state index is 5.99. The first-order chi connectivity index (χ1) is 10.1. The van der Waals surface area contributed by atoms with Crippen molar-refractivity contribution in [1.82, 2.24) is 9.55 Å². The summed E-state index contributed by atoms with van der Waals surface area (Å²) in [5.41, 5.74) is 10.7. The van der Waals surface area contributed by atoms with Crippen molar-refractivity contribution < 1.29 is 0 Å². The lowest BCUT2D eigenvalue weighted by Gasteiger charge is -2.11. The largest absolute Gasteiger partial charge is 0.341 e. The second kappa shape index (κ2) is 5.70. The molecule has 2 aromatic heterocycles. The molecule has 0 saturated carbocycles. The van der Waals surface area contributed by atoms with Gasteiger partial charge in [-0.3, -0.25) is 4.98 Å². The second-order valence-electron chi connectivity index (χ2n) is 5.75. The Morgan fingerprint density at radius 3 is 2.71 bits per heavy atom. The average Bonchev–Trinajstić information content (AvgIpc) is 2.82. The third-order valence-corrected chi connectivity index (χ3v) is 3.69. The van der Waals surface area contributed by atoms with E-state index in [9.17, 15) is 0 Å². The quantitative estimate of drug-likeness (QED) is 0.796. The third kappa shape index (κ3) is 2.98. The van der Waals surface area contributed by atoms with Crippen LogP contribution in [0.5, 0.6) is 0 Å². The van der Waals surface area contributed by atoms with Gasteiger partial charge in [-0.05, 0) is 49.4 Å². The Kier molecular flexibility index (Phi) is 3.76. The Morgan fingerprint density at radius 1 is 1.14 bits per heavy atom. The van der Waals surface area contributed by atoms with Crippen LogP contribution in [0.4, 0.5) is 0 Å². The van der Waals surface area contributed by atoms with Gasteiger partial charge in [-0.15, -0.1) is 0 Å². The Balaban J connectivity index is 2.02. The summed E-state index contributed by atoms with van der Waals surface area (Å²) in [5, 5.41) is 1.26. The topological polar surface area (TPSA) is 43.8 Å². The maximum Gasteiger partial charge on any atom is 0.0648 e. The number of aryl methyl sites for hydroxylation is 1. The molecule has 3 rings (SSSR count). The summed E-state index contributed by atoms with van der Waals surface area (Å²) < 4.78 is 2.27. The number of hydrogen-bond acceptors (Lipinski definition) is 2. The number of nitrogens with zero attached hydrogens (tertiary/aromatic N) is 2. The van der Waals surface area contributed by atoms with E-state index in [1.165, 1.54) is 16.5 Å². The standard InChI is InChI=1S/C18H21N3/c1-13(19)11-16-7-4-6-15-9-10-21(18(15)16)12-17-8-3-5-14(2)20-17/h3-10,13H,11-12,19H2,1-2H3. The van der Waals surface area contributed by atoms with Crippen LogP contribution in [0, 0.1) is 6.92 Å². The summed E-state index contributed by atoms with van der Waals surface area (Å²) >= 11 is 0. The molecule has 2 heterocycles. The zero-order valence-electron chi connectivity index (χ0n) is 12.6. The number of benzene rings is 1. The van der Waals surface area contributed by atoms with Crippen molar-refractivity contribution in [3.63, 3.8) is 0 Å². The molecule has 3 aromatic rings. The Hall–Kier alpha value is -2.13. The highest BCUT2D eigenvalue weighted by molar-refractivity contribution is 5.83. The van der Waals surface area contributed by atoms with Gasteiger partial charge in [0.25, 0.3) is 0 Å². The van der Waals surface area contributed by atoms with Gasteiger partial charge in [0.1, 0.15) is 0 Å². The van der Waals surface area contributed by atoms with Crippen LogP contribution < -0.4 is 5.73 Å². The van der Waals surface area contributed by atoms with Crippen LogP contribution >= 0.6 is 0 Å². The smallest absolute Gasteiger partial charge is 0.0648 e. The van der Waals surface area contributed by atoms with Crippen LogP contribution in [0.1, 0.15) is 23.9 Å². The SMILES string of the molecule is Cc1cccc(Cn2ccc3cccc(CC(C)N)c32)n1. The molecule has 0 aliphatic carbocycles. The van der Waals surface area contributed by atoms with Gasteiger partial charge in [0.2, 0.25) is 0 Å². The van der Waals surface area contributed by atoms with Crippen molar-refractivity contribution in [1.29, 1.82) is 0 Å². The summed E-state index contributed by atoms with van der Waals surface area (Å²) in [5.74, 6) is 0. The summed E-state index contributed by atoms with van der Waals surface area (Å²) in [6.07, 6.45) is 3.03. The van der Waals surface area contributed by atoms with Crippen LogP contribution in [0.15, 0.2) is 48.7 Å². The lowest BCUT2D eigenvalue weighted by Crippen LogP contribution is -2.18. The van der Waals surface area contributed by atoms with Gasteiger partial charge in [0, 0.05) is 17.9 Å². The number of nitrogens with two attached hydrogens (primary N) is 1. The molecule has 108 valence electrons. The number of para-hydroxylation sites is 1. The molecule has 0 aliphatic rings. The van der Waals surface area contributed by atoms with Crippen LogP contribution in [0.3, 0.4) is 0 Å². The molecular formula is C18H21N3. The monoisotopic (exact) mass is 279 g/mol. The van der Waals surface area contributed by atoms with E-state index in [1.807, 2.05) is 19.9 Å². The van der Waals surface area contributed by atoms with Gasteiger partial charge in [-0.2, -0.15) is 0 Å². The molecule has 1 aromatic carbocycles. The van der Waals surface area contributed by atoms with Crippen molar-refractivity contribution in [2.45, 2.75) is 32.9 Å². The van der Waals surface area contributed by atoms with Crippen molar-refractivity contribution in [2.75, 3.05) is 0 Å². The number of rotatable bonds is 4. The molecule has 1 unspecified atom stereocenters. The minimum absolute atomic E-state index is 0.163. The molecule has 0 fully saturated rings. The van der Waals surface area contributed by atoms with E-state index in [1.54, 1.807) is 0 Å². The van der Waals surface area contributed by atoms with E-state index >= 15 is 0 Å². The molecule has 0 bridgehead atoms. The Labute approximate surface area is 125 Å². The summed E-state index contributed by atoms with van der Waals surface area (Å²) in [6.45, 7) is 4.87. The van der Waals surface area contributed by atoms with E-state index in [0.717, 1.165) is 24.4 Å². The zero-order valence-corrected chi connectivity index (χ0v) is 12.6. The van der Waals surface area contributed by atoms with E-state index in [2.05, 4.69) is 52.1 Å². The fraction of sp³-hybridized carbons (Fsp3) is 0.278. The van der Waals surface area contributed by atoms with Crippen molar-refractivity contribution in [3.05, 3.63) is 65.6 Å². The Morgan fingerprint density at radius 2 is 1.95 bits per heavy atom. The van der Waals surface area contributed by atoms with Gasteiger partial charge in [0.15, 0.2) is 0 Å². The number of fused-ring (bicyclic) bond motifs is 1. The predicted octanol–water partition coefficient (Wildman–Crippen LogP) is 3.28. The molecule has 0 spiro atoms. The molecule has 0 aliphatic heterocycles. The molecule has 3 nitrogen and oxygen atoms in total. The molecule has 21 heavy (non-hydrogen) atoms. The maximum atomic E-state index is 5.99. The number of pyridine rings is 1. The summed E-state index contributed by atoms with van der Waals surface area (Å²) in [4.78, 5) is 4.60. The van der Waals surface area contributed by atoms with Crippen molar-refractivity contribution in [2.24, 2.45) is 5.73 Å². The molecular weight excluding hydrogens is 258 g/mol. The molecule has 1 atom stereocenters.